The van der Waals surface area contributed by atoms with Gasteiger partial charge in [0.25, 0.3) is 0 Å². The first kappa shape index (κ1) is 27.1. The molecule has 0 bridgehead atoms. The van der Waals surface area contributed by atoms with Crippen LogP contribution in [0.25, 0.3) is 0 Å². The quantitative estimate of drug-likeness (QED) is 0.339. The summed E-state index contributed by atoms with van der Waals surface area (Å²) in [6.45, 7) is 12.6. The second kappa shape index (κ2) is 10.8. The van der Waals surface area contributed by atoms with E-state index in [9.17, 15) is 9.46 Å². The molecule has 2 aromatic carbocycles. The van der Waals surface area contributed by atoms with Gasteiger partial charge in [-0.25, -0.2) is 4.57 Å². The Morgan fingerprint density at radius 3 is 1.18 bits per heavy atom. The number of hydrogen-bond donors (Lipinski definition) is 2. The maximum atomic E-state index is 12.2. The van der Waals surface area contributed by atoms with Crippen LogP contribution in [-0.2, 0) is 15.4 Å². The van der Waals surface area contributed by atoms with Gasteiger partial charge in [0.05, 0.1) is 0 Å². The minimum Gasteiger partial charge on any atom is -0.727 e. The van der Waals surface area contributed by atoms with E-state index < -0.39 is 7.82 Å². The normalized spacial score (nSPS) is 11.6. The molecular weight excluding hydrogens is 390 g/mol. The molecule has 0 unspecified atom stereocenters. The molecule has 2 aromatic rings. The van der Waals surface area contributed by atoms with E-state index >= 15 is 0 Å². The molecule has 2 rings (SSSR count). The molecule has 150 valence electrons. The maximum Gasteiger partial charge on any atom is 1.00 e. The molecule has 0 aliphatic carbocycles. The molecule has 0 fully saturated rings. The van der Waals surface area contributed by atoms with Crippen molar-refractivity contribution < 1.29 is 58.6 Å². The topological polar surface area (TPSA) is 99.1 Å². The zero-order valence-corrected chi connectivity index (χ0v) is 20.5. The van der Waals surface area contributed by atoms with Gasteiger partial charge in [0, 0.05) is 0 Å². The van der Waals surface area contributed by atoms with Crippen molar-refractivity contribution in [1.82, 2.24) is 0 Å². The third-order valence-electron chi connectivity index (χ3n) is 3.88. The Balaban J connectivity index is 0.00000235. The zero-order valence-electron chi connectivity index (χ0n) is 17.6. The van der Waals surface area contributed by atoms with Gasteiger partial charge in [-0.2, -0.15) is 0 Å². The molecule has 0 aliphatic rings. The molecule has 0 atom stereocenters. The van der Waals surface area contributed by atoms with Gasteiger partial charge in [-0.15, -0.1) is 0 Å². The first-order valence-electron chi connectivity index (χ1n) is 8.48. The van der Waals surface area contributed by atoms with Gasteiger partial charge in [-0.05, 0) is 46.2 Å². The number of rotatable bonds is 4. The largest absolute Gasteiger partial charge is 1.00 e. The summed E-state index contributed by atoms with van der Waals surface area (Å²) >= 11 is 0. The Hall–Kier alpha value is -0.850. The van der Waals surface area contributed by atoms with Crippen LogP contribution in [0.15, 0.2) is 48.5 Å². The second-order valence-electron chi connectivity index (χ2n) is 8.20. The van der Waals surface area contributed by atoms with E-state index in [0.29, 0.717) is 11.5 Å². The van der Waals surface area contributed by atoms with E-state index in [2.05, 4.69) is 41.5 Å². The van der Waals surface area contributed by atoms with Crippen LogP contribution in [0.5, 0.6) is 11.5 Å². The van der Waals surface area contributed by atoms with Crippen molar-refractivity contribution in [2.45, 2.75) is 52.4 Å². The van der Waals surface area contributed by atoms with Gasteiger partial charge in [0.2, 0.25) is 0 Å². The molecule has 8 heteroatoms. The van der Waals surface area contributed by atoms with Crippen molar-refractivity contribution in [2.75, 3.05) is 0 Å². The average molecular weight is 418 g/mol. The molecule has 0 amide bonds. The Morgan fingerprint density at radius 2 is 0.964 bits per heavy atom. The third-order valence-corrected chi connectivity index (χ3v) is 4.77. The van der Waals surface area contributed by atoms with E-state index in [-0.39, 0.29) is 40.4 Å². The van der Waals surface area contributed by atoms with Crippen molar-refractivity contribution >= 4 is 7.82 Å². The Bertz CT molecular complexity index is 698. The number of hydrogen-bond acceptors (Lipinski definition) is 5. The van der Waals surface area contributed by atoms with Crippen LogP contribution in [0.3, 0.4) is 0 Å². The fourth-order valence-electron chi connectivity index (χ4n) is 2.32. The molecule has 0 saturated heterocycles. The summed E-state index contributed by atoms with van der Waals surface area (Å²) in [5.74, 6) is 0.593. The van der Waals surface area contributed by atoms with Crippen molar-refractivity contribution in [3.63, 3.8) is 0 Å². The molecule has 6 nitrogen and oxygen atoms in total. The second-order valence-corrected chi connectivity index (χ2v) is 9.50. The summed E-state index contributed by atoms with van der Waals surface area (Å²) < 4.78 is 22.5. The van der Waals surface area contributed by atoms with Crippen LogP contribution >= 0.6 is 7.82 Å². The van der Waals surface area contributed by atoms with Crippen molar-refractivity contribution in [3.05, 3.63) is 59.7 Å². The molecule has 0 aliphatic heterocycles. The minimum absolute atomic E-state index is 0. The van der Waals surface area contributed by atoms with Crippen molar-refractivity contribution in [3.8, 4) is 11.5 Å². The van der Waals surface area contributed by atoms with Crippen LogP contribution < -0.4 is 43.9 Å². The summed E-state index contributed by atoms with van der Waals surface area (Å²) in [5, 5.41) is 13.0. The monoisotopic (exact) mass is 418 g/mol. The van der Waals surface area contributed by atoms with E-state index in [1.165, 1.54) is 0 Å². The smallest absolute Gasteiger partial charge is 0.727 e. The van der Waals surface area contributed by atoms with Gasteiger partial charge in [-0.3, -0.25) is 4.89 Å². The molecule has 2 N–H and O–H groups in total. The summed E-state index contributed by atoms with van der Waals surface area (Å²) in [4.78, 5) is 9.99. The Kier molecular flexibility index (Phi) is 10.5. The fraction of sp³-hybridized carbons (Fsp3) is 0.400. The van der Waals surface area contributed by atoms with Crippen LogP contribution in [0, 0.1) is 0 Å². The molecule has 0 aromatic heterocycles. The summed E-state index contributed by atoms with van der Waals surface area (Å²) in [7, 11) is -4.25. The molecule has 0 spiro atoms. The average Bonchev–Trinajstić information content (AvgIpc) is 2.55. The SMILES string of the molecule is CC(C)(C)c1ccc(OP(=O)(O)Oc2ccc(C(C)(C)C)cc2)cc1.[Na+].[O-]O. The number of phosphoric ester groups is 1. The van der Waals surface area contributed by atoms with Gasteiger partial charge in [-0.1, -0.05) is 65.8 Å². The van der Waals surface area contributed by atoms with Crippen LogP contribution in [-0.4, -0.2) is 10.2 Å². The Morgan fingerprint density at radius 1 is 0.714 bits per heavy atom. The summed E-state index contributed by atoms with van der Waals surface area (Å²) in [5.41, 5.74) is 2.25. The maximum absolute atomic E-state index is 12.2. The fourth-order valence-corrected chi connectivity index (χ4v) is 3.13. The molecular formula is C20H28NaO6P. The predicted octanol–water partition coefficient (Wildman–Crippen LogP) is 1.66. The van der Waals surface area contributed by atoms with E-state index in [0.717, 1.165) is 11.1 Å². The summed E-state index contributed by atoms with van der Waals surface area (Å²) in [6.07, 6.45) is 0. The van der Waals surface area contributed by atoms with Crippen LogP contribution in [0.1, 0.15) is 52.7 Å². The predicted molar refractivity (Wildman–Crippen MR) is 104 cm³/mol. The van der Waals surface area contributed by atoms with Gasteiger partial charge in [0.1, 0.15) is 11.5 Å². The van der Waals surface area contributed by atoms with E-state index in [1.807, 2.05) is 24.3 Å². The van der Waals surface area contributed by atoms with Gasteiger partial charge >= 0.3 is 37.4 Å². The van der Waals surface area contributed by atoms with Crippen molar-refractivity contribution in [1.29, 1.82) is 0 Å². The standard InChI is InChI=1S/C20H27O4P.Na.H2O2/c1-19(2,3)15-7-11-17(12-8-15)23-25(21,22)24-18-13-9-16(10-14-18)20(4,5)6;;1-2/h7-14H,1-6H3,(H,21,22);;1-2H/q;+1;/p-1. The molecule has 0 heterocycles. The van der Waals surface area contributed by atoms with Gasteiger partial charge < -0.3 is 19.6 Å². The first-order chi connectivity index (χ1) is 12.4. The number of phosphoric acid groups is 1. The van der Waals surface area contributed by atoms with Crippen LogP contribution in [0.4, 0.5) is 0 Å². The molecule has 0 saturated carbocycles. The van der Waals surface area contributed by atoms with E-state index in [1.54, 1.807) is 24.3 Å². The third kappa shape index (κ3) is 8.66. The zero-order chi connectivity index (χ0) is 20.9. The van der Waals surface area contributed by atoms with Crippen molar-refractivity contribution in [2.24, 2.45) is 0 Å². The summed E-state index contributed by atoms with van der Waals surface area (Å²) in [6, 6.07) is 14.2. The van der Waals surface area contributed by atoms with E-state index in [4.69, 9.17) is 19.6 Å². The first-order valence-corrected chi connectivity index (χ1v) is 9.98. The minimum atomic E-state index is -4.25. The Labute approximate surface area is 189 Å². The van der Waals surface area contributed by atoms with Gasteiger partial charge in [0.15, 0.2) is 0 Å². The number of benzene rings is 2. The molecule has 0 radical (unpaired) electrons. The van der Waals surface area contributed by atoms with Crippen LogP contribution in [0.2, 0.25) is 0 Å². The molecule has 28 heavy (non-hydrogen) atoms.